The van der Waals surface area contributed by atoms with E-state index in [2.05, 4.69) is 31.0 Å². The third kappa shape index (κ3) is 3.00. The molecule has 1 fully saturated rings. The summed E-state index contributed by atoms with van der Waals surface area (Å²) < 4.78 is 0. The maximum Gasteiger partial charge on any atom is 0.327 e. The van der Waals surface area contributed by atoms with Gasteiger partial charge in [0.25, 0.3) is 11.5 Å². The lowest BCUT2D eigenvalue weighted by atomic mass is 9.89. The van der Waals surface area contributed by atoms with Gasteiger partial charge in [0.05, 0.1) is 10.9 Å². The number of carbonyl (C=O) groups excluding carboxylic acids is 1. The molecule has 0 atom stereocenters. The topological polar surface area (TPSA) is 128 Å². The van der Waals surface area contributed by atoms with E-state index in [0.717, 1.165) is 23.9 Å². The molecule has 0 unspecified atom stereocenters. The van der Waals surface area contributed by atoms with Gasteiger partial charge in [0.1, 0.15) is 11.3 Å². The fourth-order valence-corrected chi connectivity index (χ4v) is 4.05. The highest BCUT2D eigenvalue weighted by atomic mass is 16.2. The van der Waals surface area contributed by atoms with Gasteiger partial charge in [-0.05, 0) is 42.5 Å². The molecule has 1 saturated heterocycles. The van der Waals surface area contributed by atoms with Crippen LogP contribution in [0, 0.1) is 0 Å². The predicted molar refractivity (Wildman–Crippen MR) is 107 cm³/mol. The minimum Gasteiger partial charge on any atom is -0.346 e. The van der Waals surface area contributed by atoms with E-state index < -0.39 is 11.2 Å². The average molecular weight is 390 g/mol. The SMILES string of the molecule is O=C(c1cnc2[nH]c(=O)[nH]c(=O)c2c1)N1CCC(c2c[nH]c3ncccc23)CC1. The number of aromatic amines is 3. The van der Waals surface area contributed by atoms with E-state index in [0.29, 0.717) is 24.6 Å². The molecule has 9 heteroatoms. The molecule has 29 heavy (non-hydrogen) atoms. The molecular weight excluding hydrogens is 372 g/mol. The highest BCUT2D eigenvalue weighted by Gasteiger charge is 2.26. The molecular formula is C20H18N6O3. The van der Waals surface area contributed by atoms with Gasteiger partial charge in [0, 0.05) is 37.1 Å². The van der Waals surface area contributed by atoms with Gasteiger partial charge in [-0.1, -0.05) is 0 Å². The number of aromatic nitrogens is 5. The van der Waals surface area contributed by atoms with Crippen molar-refractivity contribution in [1.29, 1.82) is 0 Å². The van der Waals surface area contributed by atoms with Gasteiger partial charge in [-0.15, -0.1) is 0 Å². The number of pyridine rings is 2. The zero-order valence-electron chi connectivity index (χ0n) is 15.4. The van der Waals surface area contributed by atoms with Gasteiger partial charge in [0.2, 0.25) is 0 Å². The Kier molecular flexibility index (Phi) is 4.01. The Labute approximate surface area is 163 Å². The van der Waals surface area contributed by atoms with E-state index in [4.69, 9.17) is 0 Å². The number of rotatable bonds is 2. The number of hydrogen-bond donors (Lipinski definition) is 3. The van der Waals surface area contributed by atoms with E-state index >= 15 is 0 Å². The highest BCUT2D eigenvalue weighted by molar-refractivity contribution is 5.96. The Hall–Kier alpha value is -3.75. The summed E-state index contributed by atoms with van der Waals surface area (Å²) in [5.41, 5.74) is 1.45. The summed E-state index contributed by atoms with van der Waals surface area (Å²) in [4.78, 5) is 54.3. The third-order valence-electron chi connectivity index (χ3n) is 5.54. The first-order chi connectivity index (χ1) is 14.1. The zero-order chi connectivity index (χ0) is 20.0. The first kappa shape index (κ1) is 17.4. The molecule has 0 aromatic carbocycles. The lowest BCUT2D eigenvalue weighted by Crippen LogP contribution is -2.38. The lowest BCUT2D eigenvalue weighted by molar-refractivity contribution is 0.0713. The molecule has 4 aromatic rings. The summed E-state index contributed by atoms with van der Waals surface area (Å²) in [7, 11) is 0. The molecule has 5 rings (SSSR count). The fraction of sp³-hybridized carbons (Fsp3) is 0.250. The molecule has 9 nitrogen and oxygen atoms in total. The van der Waals surface area contributed by atoms with Crippen LogP contribution in [0.5, 0.6) is 0 Å². The molecule has 1 aliphatic rings. The maximum atomic E-state index is 12.9. The molecule has 1 aliphatic heterocycles. The van der Waals surface area contributed by atoms with Crippen LogP contribution in [0.15, 0.2) is 46.4 Å². The van der Waals surface area contributed by atoms with Crippen LogP contribution in [-0.4, -0.2) is 48.8 Å². The van der Waals surface area contributed by atoms with Gasteiger partial charge >= 0.3 is 5.69 Å². The minimum absolute atomic E-state index is 0.163. The van der Waals surface area contributed by atoms with Crippen LogP contribution in [0.25, 0.3) is 22.1 Å². The fourth-order valence-electron chi connectivity index (χ4n) is 4.05. The summed E-state index contributed by atoms with van der Waals surface area (Å²) in [6, 6.07) is 5.48. The average Bonchev–Trinajstić information content (AvgIpc) is 3.17. The number of hydrogen-bond acceptors (Lipinski definition) is 5. The number of H-pyrrole nitrogens is 3. The van der Waals surface area contributed by atoms with Crippen LogP contribution < -0.4 is 11.2 Å². The van der Waals surface area contributed by atoms with Crippen molar-refractivity contribution in [2.24, 2.45) is 0 Å². The summed E-state index contributed by atoms with van der Waals surface area (Å²) >= 11 is 0. The zero-order valence-corrected chi connectivity index (χ0v) is 15.4. The number of fused-ring (bicyclic) bond motifs is 2. The summed E-state index contributed by atoms with van der Waals surface area (Å²) in [5, 5.41) is 1.32. The first-order valence-electron chi connectivity index (χ1n) is 9.44. The summed E-state index contributed by atoms with van der Waals surface area (Å²) in [6.07, 6.45) is 6.88. The number of nitrogens with one attached hydrogen (secondary N) is 3. The van der Waals surface area contributed by atoms with Crippen LogP contribution >= 0.6 is 0 Å². The Balaban J connectivity index is 1.35. The molecule has 0 bridgehead atoms. The summed E-state index contributed by atoms with van der Waals surface area (Å²) in [6.45, 7) is 1.24. The Morgan fingerprint density at radius 2 is 1.90 bits per heavy atom. The normalized spacial score (nSPS) is 15.2. The smallest absolute Gasteiger partial charge is 0.327 e. The molecule has 0 spiro atoms. The van der Waals surface area contributed by atoms with Crippen molar-refractivity contribution in [3.05, 3.63) is 68.8 Å². The standard InChI is InChI=1S/C20H18N6O3/c27-18-14-8-12(9-22-17(14)24-20(29)25-18)19(28)26-6-3-11(4-7-26)15-10-23-16-13(15)2-1-5-21-16/h1-2,5,8-11H,3-4,6-7H2,(H,21,23)(H2,22,24,25,27,29). The van der Waals surface area contributed by atoms with Gasteiger partial charge in [-0.2, -0.15) is 0 Å². The highest BCUT2D eigenvalue weighted by Crippen LogP contribution is 2.32. The van der Waals surface area contributed by atoms with E-state index in [1.54, 1.807) is 11.1 Å². The quantitative estimate of drug-likeness (QED) is 0.478. The molecule has 146 valence electrons. The molecule has 3 N–H and O–H groups in total. The van der Waals surface area contributed by atoms with Crippen LogP contribution in [-0.2, 0) is 0 Å². The Bertz CT molecular complexity index is 1340. The third-order valence-corrected chi connectivity index (χ3v) is 5.54. The number of amides is 1. The molecule has 0 radical (unpaired) electrons. The molecule has 0 aliphatic carbocycles. The van der Waals surface area contributed by atoms with E-state index in [-0.39, 0.29) is 16.9 Å². The Morgan fingerprint density at radius 1 is 1.07 bits per heavy atom. The van der Waals surface area contributed by atoms with Crippen molar-refractivity contribution in [3.63, 3.8) is 0 Å². The largest absolute Gasteiger partial charge is 0.346 e. The van der Waals surface area contributed by atoms with Crippen molar-refractivity contribution in [2.75, 3.05) is 13.1 Å². The van der Waals surface area contributed by atoms with Crippen LogP contribution in [0.1, 0.15) is 34.7 Å². The van der Waals surface area contributed by atoms with Crippen molar-refractivity contribution < 1.29 is 4.79 Å². The minimum atomic E-state index is -0.622. The van der Waals surface area contributed by atoms with E-state index in [1.165, 1.54) is 17.8 Å². The van der Waals surface area contributed by atoms with Crippen molar-refractivity contribution >= 4 is 28.0 Å². The molecule has 4 aromatic heterocycles. The van der Waals surface area contributed by atoms with Crippen LogP contribution in [0.3, 0.4) is 0 Å². The van der Waals surface area contributed by atoms with Crippen LogP contribution in [0.2, 0.25) is 0 Å². The second-order valence-corrected chi connectivity index (χ2v) is 7.24. The second-order valence-electron chi connectivity index (χ2n) is 7.24. The van der Waals surface area contributed by atoms with Gasteiger partial charge in [0.15, 0.2) is 0 Å². The Morgan fingerprint density at radius 3 is 2.72 bits per heavy atom. The van der Waals surface area contributed by atoms with E-state index in [1.807, 2.05) is 12.3 Å². The number of likely N-dealkylation sites (tertiary alicyclic amines) is 1. The van der Waals surface area contributed by atoms with Crippen LogP contribution in [0.4, 0.5) is 0 Å². The molecule has 0 saturated carbocycles. The molecule has 1 amide bonds. The molecule has 5 heterocycles. The van der Waals surface area contributed by atoms with Gasteiger partial charge in [-0.25, -0.2) is 14.8 Å². The predicted octanol–water partition coefficient (Wildman–Crippen LogP) is 1.51. The van der Waals surface area contributed by atoms with Crippen molar-refractivity contribution in [1.82, 2.24) is 29.8 Å². The number of piperidine rings is 1. The van der Waals surface area contributed by atoms with Crippen molar-refractivity contribution in [3.8, 4) is 0 Å². The number of nitrogens with zero attached hydrogens (tertiary/aromatic N) is 3. The lowest BCUT2D eigenvalue weighted by Gasteiger charge is -2.32. The number of carbonyl (C=O) groups is 1. The monoisotopic (exact) mass is 390 g/mol. The summed E-state index contributed by atoms with van der Waals surface area (Å²) in [5.74, 6) is 0.198. The van der Waals surface area contributed by atoms with Gasteiger partial charge in [-0.3, -0.25) is 19.6 Å². The van der Waals surface area contributed by atoms with E-state index in [9.17, 15) is 14.4 Å². The van der Waals surface area contributed by atoms with Crippen molar-refractivity contribution in [2.45, 2.75) is 18.8 Å². The first-order valence-corrected chi connectivity index (χ1v) is 9.44. The van der Waals surface area contributed by atoms with Gasteiger partial charge < -0.3 is 9.88 Å². The second kappa shape index (κ2) is 6.69. The maximum absolute atomic E-state index is 12.9.